The molecule has 0 radical (unpaired) electrons. The van der Waals surface area contributed by atoms with Gasteiger partial charge in [0.25, 0.3) is 0 Å². The molecule has 0 bridgehead atoms. The SMILES string of the molecule is COc1ccc(/C=C2/CCCC2=O)c(OC)c1OC. The van der Waals surface area contributed by atoms with E-state index < -0.39 is 0 Å². The van der Waals surface area contributed by atoms with E-state index in [2.05, 4.69) is 0 Å². The van der Waals surface area contributed by atoms with Gasteiger partial charge in [-0.15, -0.1) is 0 Å². The van der Waals surface area contributed by atoms with Gasteiger partial charge in [0, 0.05) is 12.0 Å². The number of hydrogen-bond donors (Lipinski definition) is 0. The van der Waals surface area contributed by atoms with Gasteiger partial charge in [0.15, 0.2) is 17.3 Å². The maximum atomic E-state index is 11.7. The number of ether oxygens (including phenoxy) is 3. The van der Waals surface area contributed by atoms with Gasteiger partial charge < -0.3 is 14.2 Å². The van der Waals surface area contributed by atoms with E-state index in [1.165, 1.54) is 0 Å². The van der Waals surface area contributed by atoms with E-state index in [0.717, 1.165) is 24.0 Å². The molecule has 0 unspecified atom stereocenters. The van der Waals surface area contributed by atoms with Crippen LogP contribution in [-0.2, 0) is 4.79 Å². The number of Topliss-reactive ketones (excluding diaryl/α,β-unsaturated/α-hetero) is 1. The monoisotopic (exact) mass is 262 g/mol. The Bertz CT molecular complexity index is 517. The summed E-state index contributed by atoms with van der Waals surface area (Å²) in [5, 5.41) is 0. The van der Waals surface area contributed by atoms with Crippen molar-refractivity contribution in [3.05, 3.63) is 23.3 Å². The Balaban J connectivity index is 2.49. The van der Waals surface area contributed by atoms with Gasteiger partial charge >= 0.3 is 0 Å². The third kappa shape index (κ3) is 2.57. The zero-order valence-corrected chi connectivity index (χ0v) is 11.5. The zero-order chi connectivity index (χ0) is 13.8. The quantitative estimate of drug-likeness (QED) is 0.783. The molecule has 0 saturated heterocycles. The number of ketones is 1. The molecule has 0 aliphatic heterocycles. The zero-order valence-electron chi connectivity index (χ0n) is 11.5. The summed E-state index contributed by atoms with van der Waals surface area (Å²) in [5.41, 5.74) is 1.69. The van der Waals surface area contributed by atoms with E-state index in [-0.39, 0.29) is 5.78 Å². The van der Waals surface area contributed by atoms with E-state index in [1.54, 1.807) is 21.3 Å². The van der Waals surface area contributed by atoms with Gasteiger partial charge in [-0.3, -0.25) is 4.79 Å². The van der Waals surface area contributed by atoms with Crippen molar-refractivity contribution in [2.75, 3.05) is 21.3 Å². The highest BCUT2D eigenvalue weighted by atomic mass is 16.5. The Kier molecular flexibility index (Phi) is 4.10. The van der Waals surface area contributed by atoms with Gasteiger partial charge in [0.05, 0.1) is 21.3 Å². The van der Waals surface area contributed by atoms with Gasteiger partial charge in [0.2, 0.25) is 5.75 Å². The molecule has 19 heavy (non-hydrogen) atoms. The molecule has 1 fully saturated rings. The molecule has 0 N–H and O–H groups in total. The highest BCUT2D eigenvalue weighted by molar-refractivity contribution is 6.01. The fourth-order valence-electron chi connectivity index (χ4n) is 2.32. The molecule has 4 nitrogen and oxygen atoms in total. The highest BCUT2D eigenvalue weighted by Crippen LogP contribution is 2.41. The number of carbonyl (C=O) groups excluding carboxylic acids is 1. The second-order valence-electron chi connectivity index (χ2n) is 4.37. The average Bonchev–Trinajstić information content (AvgIpc) is 2.83. The topological polar surface area (TPSA) is 44.8 Å². The van der Waals surface area contributed by atoms with Crippen LogP contribution < -0.4 is 14.2 Å². The second kappa shape index (κ2) is 5.78. The molecule has 0 amide bonds. The number of methoxy groups -OCH3 is 3. The molecule has 1 aliphatic carbocycles. The molecule has 0 atom stereocenters. The minimum absolute atomic E-state index is 0.219. The fraction of sp³-hybridized carbons (Fsp3) is 0.400. The molecule has 2 rings (SSSR count). The van der Waals surface area contributed by atoms with Crippen LogP contribution in [0, 0.1) is 0 Å². The first-order valence-electron chi connectivity index (χ1n) is 6.24. The van der Waals surface area contributed by atoms with E-state index in [1.807, 2.05) is 18.2 Å². The third-order valence-corrected chi connectivity index (χ3v) is 3.27. The third-order valence-electron chi connectivity index (χ3n) is 3.27. The van der Waals surface area contributed by atoms with Gasteiger partial charge in [-0.25, -0.2) is 0 Å². The minimum Gasteiger partial charge on any atom is -0.493 e. The number of hydrogen-bond acceptors (Lipinski definition) is 4. The van der Waals surface area contributed by atoms with E-state index in [0.29, 0.717) is 23.7 Å². The van der Waals surface area contributed by atoms with Crippen LogP contribution in [0.1, 0.15) is 24.8 Å². The summed E-state index contributed by atoms with van der Waals surface area (Å²) in [4.78, 5) is 11.7. The molecule has 0 spiro atoms. The molecular weight excluding hydrogens is 244 g/mol. The van der Waals surface area contributed by atoms with E-state index >= 15 is 0 Å². The summed E-state index contributed by atoms with van der Waals surface area (Å²) in [6, 6.07) is 3.69. The van der Waals surface area contributed by atoms with Crippen molar-refractivity contribution < 1.29 is 19.0 Å². The molecule has 1 aromatic carbocycles. The first-order valence-corrected chi connectivity index (χ1v) is 6.24. The van der Waals surface area contributed by atoms with Crippen molar-refractivity contribution in [3.63, 3.8) is 0 Å². The Morgan fingerprint density at radius 2 is 1.74 bits per heavy atom. The highest BCUT2D eigenvalue weighted by Gasteiger charge is 2.19. The first kappa shape index (κ1) is 13.5. The summed E-state index contributed by atoms with van der Waals surface area (Å²) in [7, 11) is 4.73. The summed E-state index contributed by atoms with van der Waals surface area (Å²) < 4.78 is 16.0. The van der Waals surface area contributed by atoms with Crippen LogP contribution in [-0.4, -0.2) is 27.1 Å². The van der Waals surface area contributed by atoms with Gasteiger partial charge in [-0.1, -0.05) is 0 Å². The molecule has 0 heterocycles. The standard InChI is InChI=1S/C15H18O4/c1-17-13-8-7-11(14(18-2)15(13)19-3)9-10-5-4-6-12(10)16/h7-9H,4-6H2,1-3H3/b10-9-. The van der Waals surface area contributed by atoms with Crippen molar-refractivity contribution in [2.24, 2.45) is 0 Å². The average molecular weight is 262 g/mol. The van der Waals surface area contributed by atoms with E-state index in [9.17, 15) is 4.79 Å². The Morgan fingerprint density at radius 1 is 1.00 bits per heavy atom. The van der Waals surface area contributed by atoms with Crippen molar-refractivity contribution >= 4 is 11.9 Å². The summed E-state index contributed by atoms with van der Waals surface area (Å²) >= 11 is 0. The summed E-state index contributed by atoms with van der Waals surface area (Å²) in [5.74, 6) is 1.97. The second-order valence-corrected chi connectivity index (χ2v) is 4.37. The summed E-state index contributed by atoms with van der Waals surface area (Å²) in [6.07, 6.45) is 4.29. The predicted octanol–water partition coefficient (Wildman–Crippen LogP) is 2.85. The predicted molar refractivity (Wildman–Crippen MR) is 72.9 cm³/mol. The van der Waals surface area contributed by atoms with Crippen LogP contribution in [0.15, 0.2) is 17.7 Å². The maximum absolute atomic E-state index is 11.7. The van der Waals surface area contributed by atoms with Gasteiger partial charge in [0.1, 0.15) is 0 Å². The molecule has 4 heteroatoms. The number of carbonyl (C=O) groups is 1. The molecule has 0 aromatic heterocycles. The molecular formula is C15H18O4. The lowest BCUT2D eigenvalue weighted by atomic mass is 10.1. The Hall–Kier alpha value is -1.97. The van der Waals surface area contributed by atoms with Crippen LogP contribution in [0.2, 0.25) is 0 Å². The largest absolute Gasteiger partial charge is 0.493 e. The van der Waals surface area contributed by atoms with Crippen LogP contribution in [0.3, 0.4) is 0 Å². The molecule has 102 valence electrons. The van der Waals surface area contributed by atoms with Crippen LogP contribution >= 0.6 is 0 Å². The van der Waals surface area contributed by atoms with Crippen LogP contribution in [0.25, 0.3) is 6.08 Å². The summed E-state index contributed by atoms with van der Waals surface area (Å²) in [6.45, 7) is 0. The fourth-order valence-corrected chi connectivity index (χ4v) is 2.32. The smallest absolute Gasteiger partial charge is 0.203 e. The van der Waals surface area contributed by atoms with Crippen molar-refractivity contribution in [1.29, 1.82) is 0 Å². The Morgan fingerprint density at radius 3 is 2.26 bits per heavy atom. The van der Waals surface area contributed by atoms with Crippen molar-refractivity contribution in [1.82, 2.24) is 0 Å². The van der Waals surface area contributed by atoms with Gasteiger partial charge in [-0.2, -0.15) is 0 Å². The lowest BCUT2D eigenvalue weighted by Crippen LogP contribution is -1.98. The van der Waals surface area contributed by atoms with Crippen LogP contribution in [0.4, 0.5) is 0 Å². The molecule has 1 aromatic rings. The molecule has 1 saturated carbocycles. The van der Waals surface area contributed by atoms with Crippen molar-refractivity contribution in [3.8, 4) is 17.2 Å². The Labute approximate surface area is 113 Å². The number of allylic oxidation sites excluding steroid dienone is 1. The lowest BCUT2D eigenvalue weighted by Gasteiger charge is -2.14. The number of benzene rings is 1. The van der Waals surface area contributed by atoms with Crippen LogP contribution in [0.5, 0.6) is 17.2 Å². The minimum atomic E-state index is 0.219. The number of rotatable bonds is 4. The first-order chi connectivity index (χ1) is 9.21. The maximum Gasteiger partial charge on any atom is 0.203 e. The molecule has 1 aliphatic rings. The lowest BCUT2D eigenvalue weighted by molar-refractivity contribution is -0.114. The van der Waals surface area contributed by atoms with Gasteiger partial charge in [-0.05, 0) is 36.6 Å². The normalized spacial score (nSPS) is 16.8. The van der Waals surface area contributed by atoms with E-state index in [4.69, 9.17) is 14.2 Å². The van der Waals surface area contributed by atoms with Crippen molar-refractivity contribution in [2.45, 2.75) is 19.3 Å².